The molecule has 1 aromatic carbocycles. The summed E-state index contributed by atoms with van der Waals surface area (Å²) in [6.07, 6.45) is 1.30. The summed E-state index contributed by atoms with van der Waals surface area (Å²) >= 11 is 5.83. The Balaban J connectivity index is 2.03. The molecule has 0 aliphatic rings. The predicted octanol–water partition coefficient (Wildman–Crippen LogP) is 2.08. The number of H-pyrrole nitrogens is 1. The van der Waals surface area contributed by atoms with Gasteiger partial charge < -0.3 is 4.52 Å². The zero-order chi connectivity index (χ0) is 14.1. The average Bonchev–Trinajstić information content (AvgIpc) is 3.09. The Labute approximate surface area is 115 Å². The van der Waals surface area contributed by atoms with Crippen molar-refractivity contribution >= 4 is 17.3 Å². The molecule has 0 unspecified atom stereocenters. The number of nitrogens with zero attached hydrogens (tertiary/aromatic N) is 5. The molecule has 0 amide bonds. The van der Waals surface area contributed by atoms with E-state index in [4.69, 9.17) is 16.1 Å². The molecule has 100 valence electrons. The molecule has 0 fully saturated rings. The minimum atomic E-state index is -0.552. The summed E-state index contributed by atoms with van der Waals surface area (Å²) in [7, 11) is 0. The summed E-state index contributed by atoms with van der Waals surface area (Å²) in [5.74, 6) is 0.624. The van der Waals surface area contributed by atoms with E-state index in [-0.39, 0.29) is 22.4 Å². The van der Waals surface area contributed by atoms with Crippen LogP contribution in [0.25, 0.3) is 23.1 Å². The van der Waals surface area contributed by atoms with E-state index in [1.165, 1.54) is 24.5 Å². The second-order valence-corrected chi connectivity index (χ2v) is 4.15. The van der Waals surface area contributed by atoms with Gasteiger partial charge in [0.25, 0.3) is 11.6 Å². The van der Waals surface area contributed by atoms with Gasteiger partial charge in [-0.05, 0) is 6.07 Å². The number of nitro groups is 1. The highest BCUT2D eigenvalue weighted by Gasteiger charge is 2.16. The smallest absolute Gasteiger partial charge is 0.271 e. The second-order valence-electron chi connectivity index (χ2n) is 3.71. The molecule has 20 heavy (non-hydrogen) atoms. The van der Waals surface area contributed by atoms with Gasteiger partial charge in [-0.15, -0.1) is 0 Å². The van der Waals surface area contributed by atoms with Gasteiger partial charge in [-0.2, -0.15) is 10.1 Å². The Morgan fingerprint density at radius 2 is 2.20 bits per heavy atom. The van der Waals surface area contributed by atoms with Crippen LogP contribution in [0.3, 0.4) is 0 Å². The molecular formula is C10H5ClN6O3. The Hall–Kier alpha value is -2.81. The van der Waals surface area contributed by atoms with E-state index in [9.17, 15) is 10.1 Å². The number of hydrogen-bond acceptors (Lipinski definition) is 7. The molecule has 2 heterocycles. The number of aromatic nitrogens is 5. The average molecular weight is 293 g/mol. The first kappa shape index (κ1) is 12.2. The van der Waals surface area contributed by atoms with E-state index in [1.54, 1.807) is 0 Å². The van der Waals surface area contributed by atoms with Crippen molar-refractivity contribution in [2.45, 2.75) is 0 Å². The summed E-state index contributed by atoms with van der Waals surface area (Å²) in [6, 6.07) is 4.02. The minimum absolute atomic E-state index is 0.0991. The van der Waals surface area contributed by atoms with Crippen molar-refractivity contribution in [2.75, 3.05) is 0 Å². The summed E-state index contributed by atoms with van der Waals surface area (Å²) in [6.45, 7) is 0. The maximum atomic E-state index is 10.8. The van der Waals surface area contributed by atoms with Gasteiger partial charge in [-0.25, -0.2) is 4.98 Å². The predicted molar refractivity (Wildman–Crippen MR) is 66.8 cm³/mol. The monoisotopic (exact) mass is 292 g/mol. The Morgan fingerprint density at radius 1 is 1.35 bits per heavy atom. The third-order valence-electron chi connectivity index (χ3n) is 2.39. The van der Waals surface area contributed by atoms with Crippen LogP contribution in [-0.4, -0.2) is 30.2 Å². The lowest BCUT2D eigenvalue weighted by Crippen LogP contribution is -1.89. The van der Waals surface area contributed by atoms with Crippen LogP contribution in [0, 0.1) is 10.1 Å². The summed E-state index contributed by atoms with van der Waals surface area (Å²) < 4.78 is 5.03. The third-order valence-corrected chi connectivity index (χ3v) is 2.61. The molecule has 0 saturated carbocycles. The Kier molecular flexibility index (Phi) is 2.88. The van der Waals surface area contributed by atoms with Crippen molar-refractivity contribution in [3.63, 3.8) is 0 Å². The third kappa shape index (κ3) is 2.21. The van der Waals surface area contributed by atoms with Gasteiger partial charge in [0.2, 0.25) is 5.82 Å². The molecule has 0 saturated heterocycles. The largest absolute Gasteiger partial charge is 0.333 e. The van der Waals surface area contributed by atoms with Crippen molar-refractivity contribution < 1.29 is 9.45 Å². The quantitative estimate of drug-likeness (QED) is 0.579. The molecule has 0 atom stereocenters. The number of benzene rings is 1. The summed E-state index contributed by atoms with van der Waals surface area (Å²) in [5.41, 5.74) is 0.189. The van der Waals surface area contributed by atoms with E-state index in [1.807, 2.05) is 0 Å². The van der Waals surface area contributed by atoms with Gasteiger partial charge in [0, 0.05) is 22.7 Å². The van der Waals surface area contributed by atoms with Gasteiger partial charge in [0.05, 0.1) is 4.92 Å². The molecule has 1 N–H and O–H groups in total. The Morgan fingerprint density at radius 3 is 2.90 bits per heavy atom. The lowest BCUT2D eigenvalue weighted by Gasteiger charge is -1.96. The van der Waals surface area contributed by atoms with Crippen LogP contribution in [0.15, 0.2) is 29.0 Å². The van der Waals surface area contributed by atoms with Crippen LogP contribution in [0.5, 0.6) is 0 Å². The highest BCUT2D eigenvalue weighted by atomic mass is 35.5. The summed E-state index contributed by atoms with van der Waals surface area (Å²) in [5, 5.41) is 20.9. The number of nitrogens with one attached hydrogen (secondary N) is 1. The molecule has 0 aliphatic heterocycles. The lowest BCUT2D eigenvalue weighted by atomic mass is 10.2. The fourth-order valence-corrected chi connectivity index (χ4v) is 1.78. The summed E-state index contributed by atoms with van der Waals surface area (Å²) in [4.78, 5) is 18.2. The van der Waals surface area contributed by atoms with Gasteiger partial charge in [0.15, 0.2) is 5.82 Å². The van der Waals surface area contributed by atoms with Crippen LogP contribution < -0.4 is 0 Å². The van der Waals surface area contributed by atoms with Crippen LogP contribution >= 0.6 is 11.6 Å². The Bertz CT molecular complexity index is 769. The van der Waals surface area contributed by atoms with E-state index in [0.717, 1.165) is 0 Å². The van der Waals surface area contributed by atoms with Crippen LogP contribution in [0.4, 0.5) is 5.69 Å². The maximum absolute atomic E-state index is 10.8. The minimum Gasteiger partial charge on any atom is -0.333 e. The van der Waals surface area contributed by atoms with Crippen molar-refractivity contribution in [2.24, 2.45) is 0 Å². The highest BCUT2D eigenvalue weighted by Crippen LogP contribution is 2.28. The topological polar surface area (TPSA) is 124 Å². The number of aromatic amines is 1. The van der Waals surface area contributed by atoms with E-state index >= 15 is 0 Å². The molecule has 3 rings (SSSR count). The SMILES string of the molecule is O=[N+]([O-])c1cc(Cl)cc(-c2nc(-c3ncn[nH]3)no2)c1. The van der Waals surface area contributed by atoms with Crippen LogP contribution in [-0.2, 0) is 0 Å². The normalized spacial score (nSPS) is 10.7. The van der Waals surface area contributed by atoms with Crippen molar-refractivity contribution in [3.05, 3.63) is 39.7 Å². The molecule has 0 radical (unpaired) electrons. The molecule has 10 heteroatoms. The van der Waals surface area contributed by atoms with Gasteiger partial charge in [0.1, 0.15) is 6.33 Å². The highest BCUT2D eigenvalue weighted by molar-refractivity contribution is 6.31. The van der Waals surface area contributed by atoms with Crippen LogP contribution in [0.2, 0.25) is 5.02 Å². The first-order valence-corrected chi connectivity index (χ1v) is 5.66. The van der Waals surface area contributed by atoms with Gasteiger partial charge in [-0.3, -0.25) is 15.2 Å². The van der Waals surface area contributed by atoms with E-state index < -0.39 is 4.92 Å². The lowest BCUT2D eigenvalue weighted by molar-refractivity contribution is -0.384. The van der Waals surface area contributed by atoms with Crippen molar-refractivity contribution in [3.8, 4) is 23.1 Å². The molecular weight excluding hydrogens is 288 g/mol. The van der Waals surface area contributed by atoms with E-state index in [0.29, 0.717) is 11.4 Å². The van der Waals surface area contributed by atoms with Crippen molar-refractivity contribution in [1.82, 2.24) is 25.3 Å². The number of hydrogen-bond donors (Lipinski definition) is 1. The van der Waals surface area contributed by atoms with Crippen molar-refractivity contribution in [1.29, 1.82) is 0 Å². The molecule has 0 bridgehead atoms. The van der Waals surface area contributed by atoms with Gasteiger partial charge >= 0.3 is 0 Å². The maximum Gasteiger partial charge on any atom is 0.271 e. The number of non-ortho nitro benzene ring substituents is 1. The molecule has 0 spiro atoms. The van der Waals surface area contributed by atoms with Crippen LogP contribution in [0.1, 0.15) is 0 Å². The zero-order valence-corrected chi connectivity index (χ0v) is 10.4. The second kappa shape index (κ2) is 4.70. The number of halogens is 1. The number of nitro benzene ring substituents is 1. The fourth-order valence-electron chi connectivity index (χ4n) is 1.55. The number of rotatable bonds is 3. The first-order valence-electron chi connectivity index (χ1n) is 5.28. The zero-order valence-electron chi connectivity index (χ0n) is 9.65. The fraction of sp³-hybridized carbons (Fsp3) is 0. The molecule has 2 aromatic heterocycles. The molecule has 9 nitrogen and oxygen atoms in total. The van der Waals surface area contributed by atoms with Gasteiger partial charge in [-0.1, -0.05) is 16.8 Å². The molecule has 0 aliphatic carbocycles. The molecule has 3 aromatic rings. The first-order chi connectivity index (χ1) is 9.63. The standard InChI is InChI=1S/C10H5ClN6O3/c11-6-1-5(2-7(3-6)17(18)19)10-14-9(16-20-10)8-12-4-13-15-8/h1-4H,(H,12,13,15). The van der Waals surface area contributed by atoms with E-state index in [2.05, 4.69) is 25.3 Å².